The number of hydrogen-bond acceptors (Lipinski definition) is 2. The van der Waals surface area contributed by atoms with E-state index in [1.54, 1.807) is 0 Å². The average molecular weight is 271 g/mol. The molecule has 0 bridgehead atoms. The number of piperidine rings is 1. The van der Waals surface area contributed by atoms with E-state index in [1.807, 2.05) is 0 Å². The first-order valence-corrected chi connectivity index (χ1v) is 7.54. The van der Waals surface area contributed by atoms with E-state index in [-0.39, 0.29) is 11.6 Å². The van der Waals surface area contributed by atoms with Gasteiger partial charge in [-0.25, -0.2) is 8.78 Å². The minimum absolute atomic E-state index is 0.320. The van der Waals surface area contributed by atoms with Gasteiger partial charge in [-0.15, -0.1) is 11.8 Å². The molecule has 0 aliphatic carbocycles. The van der Waals surface area contributed by atoms with E-state index >= 15 is 0 Å². The Morgan fingerprint density at radius 3 is 2.67 bits per heavy atom. The van der Waals surface area contributed by atoms with E-state index in [0.29, 0.717) is 4.90 Å². The highest BCUT2D eigenvalue weighted by atomic mass is 32.2. The largest absolute Gasteiger partial charge is 0.303 e. The van der Waals surface area contributed by atoms with Crippen LogP contribution in [-0.4, -0.2) is 30.3 Å². The van der Waals surface area contributed by atoms with Crippen molar-refractivity contribution in [1.82, 2.24) is 4.90 Å². The Morgan fingerprint density at radius 2 is 1.89 bits per heavy atom. The lowest BCUT2D eigenvalue weighted by molar-refractivity contribution is 0.230. The molecule has 100 valence electrons. The summed E-state index contributed by atoms with van der Waals surface area (Å²) in [6, 6.07) is 3.64. The highest BCUT2D eigenvalue weighted by Gasteiger charge is 2.09. The number of hydrogen-bond donors (Lipinski definition) is 0. The van der Waals surface area contributed by atoms with Crippen molar-refractivity contribution >= 4 is 11.8 Å². The second kappa shape index (κ2) is 7.10. The normalized spacial score (nSPS) is 17.0. The molecule has 1 saturated heterocycles. The average Bonchev–Trinajstić information content (AvgIpc) is 2.40. The van der Waals surface area contributed by atoms with Gasteiger partial charge in [0.1, 0.15) is 11.6 Å². The number of thioether (sulfide) groups is 1. The summed E-state index contributed by atoms with van der Waals surface area (Å²) < 4.78 is 26.3. The molecule has 1 aliphatic rings. The molecular weight excluding hydrogens is 252 g/mol. The van der Waals surface area contributed by atoms with E-state index in [2.05, 4.69) is 4.90 Å². The van der Waals surface area contributed by atoms with Gasteiger partial charge in [-0.2, -0.15) is 0 Å². The SMILES string of the molecule is Fc1ccc(F)c(SCCCN2CCCCC2)c1. The van der Waals surface area contributed by atoms with Crippen LogP contribution in [0, 0.1) is 11.6 Å². The van der Waals surface area contributed by atoms with Crippen molar-refractivity contribution in [3.63, 3.8) is 0 Å². The maximum atomic E-state index is 13.4. The molecule has 1 nitrogen and oxygen atoms in total. The van der Waals surface area contributed by atoms with Crippen molar-refractivity contribution in [2.24, 2.45) is 0 Å². The van der Waals surface area contributed by atoms with E-state index in [1.165, 1.54) is 56.2 Å². The Bertz CT molecular complexity index is 378. The fraction of sp³-hybridized carbons (Fsp3) is 0.571. The van der Waals surface area contributed by atoms with Gasteiger partial charge in [0, 0.05) is 4.90 Å². The molecule has 2 rings (SSSR count). The Morgan fingerprint density at radius 1 is 1.11 bits per heavy atom. The van der Waals surface area contributed by atoms with Gasteiger partial charge in [0.05, 0.1) is 0 Å². The molecule has 1 fully saturated rings. The van der Waals surface area contributed by atoms with Gasteiger partial charge < -0.3 is 4.90 Å². The van der Waals surface area contributed by atoms with Crippen molar-refractivity contribution < 1.29 is 8.78 Å². The molecule has 0 saturated carbocycles. The maximum Gasteiger partial charge on any atom is 0.136 e. The van der Waals surface area contributed by atoms with Crippen molar-refractivity contribution in [2.75, 3.05) is 25.4 Å². The van der Waals surface area contributed by atoms with Crippen molar-refractivity contribution in [3.8, 4) is 0 Å². The Labute approximate surface area is 112 Å². The highest BCUT2D eigenvalue weighted by molar-refractivity contribution is 7.99. The first-order valence-electron chi connectivity index (χ1n) is 6.56. The predicted octanol–water partition coefficient (Wildman–Crippen LogP) is 3.93. The van der Waals surface area contributed by atoms with Crippen LogP contribution >= 0.6 is 11.8 Å². The van der Waals surface area contributed by atoms with Crippen LogP contribution in [0.2, 0.25) is 0 Å². The molecule has 0 radical (unpaired) electrons. The summed E-state index contributed by atoms with van der Waals surface area (Å²) in [6.45, 7) is 3.46. The number of likely N-dealkylation sites (tertiary alicyclic amines) is 1. The van der Waals surface area contributed by atoms with Gasteiger partial charge in [0.2, 0.25) is 0 Å². The zero-order valence-electron chi connectivity index (χ0n) is 10.5. The summed E-state index contributed by atoms with van der Waals surface area (Å²) in [5, 5.41) is 0. The monoisotopic (exact) mass is 271 g/mol. The standard InChI is InChI=1S/C14H19F2NS/c15-12-5-6-13(16)14(11-12)18-10-4-9-17-7-2-1-3-8-17/h5-6,11H,1-4,7-10H2. The number of halogens is 2. The third kappa shape index (κ3) is 4.25. The van der Waals surface area contributed by atoms with Crippen LogP contribution in [0.15, 0.2) is 23.1 Å². The third-order valence-electron chi connectivity index (χ3n) is 3.22. The third-order valence-corrected chi connectivity index (χ3v) is 4.33. The van der Waals surface area contributed by atoms with Gasteiger partial charge in [0.25, 0.3) is 0 Å². The topological polar surface area (TPSA) is 3.24 Å². The molecule has 1 aliphatic heterocycles. The Hall–Kier alpha value is -0.610. The minimum atomic E-state index is -0.366. The van der Waals surface area contributed by atoms with Gasteiger partial charge in [0.15, 0.2) is 0 Å². The molecule has 0 unspecified atom stereocenters. The van der Waals surface area contributed by atoms with Crippen LogP contribution in [0.3, 0.4) is 0 Å². The molecule has 1 aromatic rings. The summed E-state index contributed by atoms with van der Waals surface area (Å²) in [5.41, 5.74) is 0. The Balaban J connectivity index is 1.69. The summed E-state index contributed by atoms with van der Waals surface area (Å²) in [5.74, 6) is 0.158. The van der Waals surface area contributed by atoms with Crippen LogP contribution < -0.4 is 0 Å². The highest BCUT2D eigenvalue weighted by Crippen LogP contribution is 2.23. The molecule has 0 atom stereocenters. The predicted molar refractivity (Wildman–Crippen MR) is 72.0 cm³/mol. The van der Waals surface area contributed by atoms with E-state index in [9.17, 15) is 8.78 Å². The lowest BCUT2D eigenvalue weighted by Crippen LogP contribution is -2.30. The second-order valence-electron chi connectivity index (χ2n) is 4.68. The summed E-state index contributed by atoms with van der Waals surface area (Å²) in [4.78, 5) is 2.89. The number of rotatable bonds is 5. The molecular formula is C14H19F2NS. The van der Waals surface area contributed by atoms with Crippen LogP contribution in [0.4, 0.5) is 8.78 Å². The molecule has 1 heterocycles. The quantitative estimate of drug-likeness (QED) is 0.589. The van der Waals surface area contributed by atoms with Crippen molar-refractivity contribution in [1.29, 1.82) is 0 Å². The molecule has 18 heavy (non-hydrogen) atoms. The van der Waals surface area contributed by atoms with E-state index in [4.69, 9.17) is 0 Å². The van der Waals surface area contributed by atoms with Crippen LogP contribution in [0.5, 0.6) is 0 Å². The lowest BCUT2D eigenvalue weighted by atomic mass is 10.1. The van der Waals surface area contributed by atoms with Gasteiger partial charge in [-0.05, 0) is 62.8 Å². The summed E-state index contributed by atoms with van der Waals surface area (Å²) in [7, 11) is 0. The summed E-state index contributed by atoms with van der Waals surface area (Å²) in [6.07, 6.45) is 4.97. The van der Waals surface area contributed by atoms with Gasteiger partial charge in [-0.3, -0.25) is 0 Å². The lowest BCUT2D eigenvalue weighted by Gasteiger charge is -2.26. The van der Waals surface area contributed by atoms with Crippen molar-refractivity contribution in [2.45, 2.75) is 30.6 Å². The molecule has 0 aromatic heterocycles. The molecule has 4 heteroatoms. The molecule has 1 aromatic carbocycles. The Kier molecular flexibility index (Phi) is 5.45. The molecule has 0 amide bonds. The second-order valence-corrected chi connectivity index (χ2v) is 5.82. The van der Waals surface area contributed by atoms with Crippen LogP contribution in [0.25, 0.3) is 0 Å². The van der Waals surface area contributed by atoms with Crippen molar-refractivity contribution in [3.05, 3.63) is 29.8 Å². The van der Waals surface area contributed by atoms with E-state index < -0.39 is 0 Å². The fourth-order valence-corrected chi connectivity index (χ4v) is 3.14. The number of benzene rings is 1. The first kappa shape index (κ1) is 13.8. The molecule has 0 spiro atoms. The molecule has 0 N–H and O–H groups in total. The number of nitrogens with zero attached hydrogens (tertiary/aromatic N) is 1. The zero-order valence-corrected chi connectivity index (χ0v) is 11.3. The van der Waals surface area contributed by atoms with Gasteiger partial charge in [-0.1, -0.05) is 6.42 Å². The van der Waals surface area contributed by atoms with Crippen LogP contribution in [0.1, 0.15) is 25.7 Å². The van der Waals surface area contributed by atoms with Crippen LogP contribution in [-0.2, 0) is 0 Å². The van der Waals surface area contributed by atoms with Gasteiger partial charge >= 0.3 is 0 Å². The minimum Gasteiger partial charge on any atom is -0.303 e. The summed E-state index contributed by atoms with van der Waals surface area (Å²) >= 11 is 1.41. The van der Waals surface area contributed by atoms with E-state index in [0.717, 1.165) is 24.8 Å². The smallest absolute Gasteiger partial charge is 0.136 e. The zero-order chi connectivity index (χ0) is 12.8. The maximum absolute atomic E-state index is 13.4. The first-order chi connectivity index (χ1) is 8.75. The fourth-order valence-electron chi connectivity index (χ4n) is 2.24.